The van der Waals surface area contributed by atoms with Gasteiger partial charge in [-0.1, -0.05) is 75.1 Å². The number of hydrogen-bond donors (Lipinski definition) is 0. The van der Waals surface area contributed by atoms with Gasteiger partial charge in [0.05, 0.1) is 0 Å². The lowest BCUT2D eigenvalue weighted by Gasteiger charge is -2.23. The van der Waals surface area contributed by atoms with Gasteiger partial charge in [-0.3, -0.25) is 0 Å². The van der Waals surface area contributed by atoms with E-state index in [0.29, 0.717) is 0 Å². The maximum atomic E-state index is 2.47. The largest absolute Gasteiger partial charge is 0.118 e. The summed E-state index contributed by atoms with van der Waals surface area (Å²) < 4.78 is 0.150. The monoisotopic (exact) mass is 400 g/mol. The molecular formula is C9H6I2S. The third kappa shape index (κ3) is 1.68. The van der Waals surface area contributed by atoms with Crippen molar-refractivity contribution < 1.29 is 0 Å². The predicted molar refractivity (Wildman–Crippen MR) is 71.2 cm³/mol. The molecule has 0 nitrogen and oxygen atoms in total. The average molecular weight is 400 g/mol. The quantitative estimate of drug-likeness (QED) is 0.462. The second-order valence-corrected chi connectivity index (χ2v) is 8.95. The molecule has 0 bridgehead atoms. The van der Waals surface area contributed by atoms with Crippen LogP contribution < -0.4 is 0 Å². The Hall–Kier alpha value is 0.770. The molecule has 1 aliphatic heterocycles. The Morgan fingerprint density at radius 2 is 1.92 bits per heavy atom. The molecule has 0 spiro atoms. The summed E-state index contributed by atoms with van der Waals surface area (Å²) in [5, 5.41) is 2.17. The van der Waals surface area contributed by atoms with E-state index in [1.807, 2.05) is 0 Å². The highest BCUT2D eigenvalue weighted by Crippen LogP contribution is 2.48. The van der Waals surface area contributed by atoms with E-state index in [4.69, 9.17) is 0 Å². The molecule has 62 valence electrons. The van der Waals surface area contributed by atoms with E-state index in [2.05, 4.69) is 80.9 Å². The first-order chi connectivity index (χ1) is 5.70. The summed E-state index contributed by atoms with van der Waals surface area (Å²) in [6, 6.07) is 8.57. The molecule has 3 heteroatoms. The van der Waals surface area contributed by atoms with Gasteiger partial charge in [0, 0.05) is 4.90 Å². The number of alkyl halides is 2. The smallest absolute Gasteiger partial charge is 0.0979 e. The molecular weight excluding hydrogens is 394 g/mol. The van der Waals surface area contributed by atoms with Crippen molar-refractivity contribution in [1.29, 1.82) is 0 Å². The summed E-state index contributed by atoms with van der Waals surface area (Å²) >= 11 is 6.74. The first kappa shape index (κ1) is 9.33. The molecule has 1 aromatic carbocycles. The van der Waals surface area contributed by atoms with Crippen molar-refractivity contribution in [2.24, 2.45) is 0 Å². The van der Waals surface area contributed by atoms with Crippen LogP contribution in [0.2, 0.25) is 0 Å². The van der Waals surface area contributed by atoms with Gasteiger partial charge >= 0.3 is 0 Å². The molecule has 1 heterocycles. The third-order valence-corrected chi connectivity index (χ3v) is 4.48. The van der Waals surface area contributed by atoms with Crippen LogP contribution in [0.1, 0.15) is 5.56 Å². The molecule has 0 saturated carbocycles. The van der Waals surface area contributed by atoms with Crippen molar-refractivity contribution in [1.82, 2.24) is 0 Å². The van der Waals surface area contributed by atoms with Gasteiger partial charge in [0.1, 0.15) is 1.43 Å². The van der Waals surface area contributed by atoms with Crippen molar-refractivity contribution in [3.8, 4) is 0 Å². The van der Waals surface area contributed by atoms with Crippen LogP contribution in [0.4, 0.5) is 0 Å². The molecule has 0 atom stereocenters. The fourth-order valence-electron chi connectivity index (χ4n) is 1.13. The van der Waals surface area contributed by atoms with E-state index in [9.17, 15) is 0 Å². The van der Waals surface area contributed by atoms with E-state index < -0.39 is 0 Å². The highest BCUT2D eigenvalue weighted by atomic mass is 127. The van der Waals surface area contributed by atoms with Gasteiger partial charge in [-0.25, -0.2) is 0 Å². The maximum absolute atomic E-state index is 2.47. The highest BCUT2D eigenvalue weighted by molar-refractivity contribution is 14.2. The molecule has 1 aliphatic rings. The lowest BCUT2D eigenvalue weighted by Crippen LogP contribution is -2.07. The maximum Gasteiger partial charge on any atom is 0.118 e. The molecule has 0 saturated heterocycles. The fourth-order valence-corrected chi connectivity index (χ4v) is 4.21. The van der Waals surface area contributed by atoms with E-state index in [1.165, 1.54) is 10.5 Å². The normalized spacial score (nSPS) is 18.8. The minimum Gasteiger partial charge on any atom is -0.0979 e. The van der Waals surface area contributed by atoms with Crippen LogP contribution in [0.15, 0.2) is 40.6 Å². The van der Waals surface area contributed by atoms with Crippen LogP contribution in [0, 0.1) is 0 Å². The number of thioether (sulfide) groups is 1. The SMILES string of the molecule is IC1(I)C=CSc2ccccc21. The summed E-state index contributed by atoms with van der Waals surface area (Å²) in [5.74, 6) is 0. The van der Waals surface area contributed by atoms with Gasteiger partial charge in [0.2, 0.25) is 0 Å². The number of fused-ring (bicyclic) bond motifs is 1. The van der Waals surface area contributed by atoms with Gasteiger partial charge < -0.3 is 0 Å². The van der Waals surface area contributed by atoms with Crippen molar-refractivity contribution in [2.45, 2.75) is 6.32 Å². The number of allylic oxidation sites excluding steroid dienone is 1. The summed E-state index contributed by atoms with van der Waals surface area (Å²) in [5.41, 5.74) is 1.42. The Bertz CT molecular complexity index is 331. The molecule has 0 aliphatic carbocycles. The van der Waals surface area contributed by atoms with Crippen LogP contribution in [-0.4, -0.2) is 0 Å². The number of rotatable bonds is 0. The summed E-state index contributed by atoms with van der Waals surface area (Å²) in [7, 11) is 0. The minimum absolute atomic E-state index is 0.150. The Balaban J connectivity index is 2.58. The zero-order chi connectivity index (χ0) is 8.60. The first-order valence-electron chi connectivity index (χ1n) is 3.52. The van der Waals surface area contributed by atoms with E-state index in [0.717, 1.165) is 0 Å². The number of hydrogen-bond acceptors (Lipinski definition) is 1. The second-order valence-electron chi connectivity index (χ2n) is 2.54. The van der Waals surface area contributed by atoms with Gasteiger partial charge in [-0.2, -0.15) is 0 Å². The van der Waals surface area contributed by atoms with E-state index in [-0.39, 0.29) is 1.43 Å². The molecule has 0 unspecified atom stereocenters. The Morgan fingerprint density at radius 3 is 2.67 bits per heavy atom. The van der Waals surface area contributed by atoms with Gasteiger partial charge in [0.15, 0.2) is 0 Å². The van der Waals surface area contributed by atoms with Crippen LogP contribution >= 0.6 is 56.9 Å². The van der Waals surface area contributed by atoms with E-state index in [1.54, 1.807) is 11.8 Å². The van der Waals surface area contributed by atoms with Gasteiger partial charge in [0.25, 0.3) is 0 Å². The molecule has 0 N–H and O–H groups in total. The standard InChI is InChI=1S/C9H6I2S/c10-9(11)5-6-12-8-4-2-1-3-7(8)9/h1-6H. The highest BCUT2D eigenvalue weighted by Gasteiger charge is 2.26. The Morgan fingerprint density at radius 1 is 1.17 bits per heavy atom. The van der Waals surface area contributed by atoms with Crippen LogP contribution in [0.25, 0.3) is 0 Å². The van der Waals surface area contributed by atoms with Crippen LogP contribution in [0.3, 0.4) is 0 Å². The number of halogens is 2. The second kappa shape index (κ2) is 3.49. The summed E-state index contributed by atoms with van der Waals surface area (Å²) in [4.78, 5) is 1.38. The molecule has 2 rings (SSSR count). The molecule has 12 heavy (non-hydrogen) atoms. The van der Waals surface area contributed by atoms with Gasteiger partial charge in [-0.05, 0) is 23.1 Å². The van der Waals surface area contributed by atoms with Crippen molar-refractivity contribution in [3.05, 3.63) is 41.3 Å². The van der Waals surface area contributed by atoms with Crippen LogP contribution in [-0.2, 0) is 1.43 Å². The molecule has 0 fully saturated rings. The zero-order valence-electron chi connectivity index (χ0n) is 6.13. The van der Waals surface area contributed by atoms with Crippen LogP contribution in [0.5, 0.6) is 0 Å². The lowest BCUT2D eigenvalue weighted by molar-refractivity contribution is 1.15. The topological polar surface area (TPSA) is 0 Å². The van der Waals surface area contributed by atoms with Crippen molar-refractivity contribution in [2.75, 3.05) is 0 Å². The first-order valence-corrected chi connectivity index (χ1v) is 6.55. The fraction of sp³-hybridized carbons (Fsp3) is 0.111. The van der Waals surface area contributed by atoms with E-state index >= 15 is 0 Å². The predicted octanol–water partition coefficient (Wildman–Crippen LogP) is 4.33. The molecule has 0 radical (unpaired) electrons. The van der Waals surface area contributed by atoms with Gasteiger partial charge in [-0.15, -0.1) is 0 Å². The number of benzene rings is 1. The summed E-state index contributed by atoms with van der Waals surface area (Å²) in [6.07, 6.45) is 2.24. The molecule has 0 amide bonds. The lowest BCUT2D eigenvalue weighted by atomic mass is 10.1. The zero-order valence-corrected chi connectivity index (χ0v) is 11.3. The Kier molecular flexibility index (Phi) is 2.72. The Labute approximate surface area is 103 Å². The third-order valence-electron chi connectivity index (χ3n) is 1.72. The van der Waals surface area contributed by atoms with Crippen molar-refractivity contribution >= 4 is 56.9 Å². The molecule has 1 aromatic rings. The minimum atomic E-state index is 0.150. The van der Waals surface area contributed by atoms with Crippen molar-refractivity contribution in [3.63, 3.8) is 0 Å². The molecule has 0 aromatic heterocycles. The summed E-state index contributed by atoms with van der Waals surface area (Å²) in [6.45, 7) is 0. The average Bonchev–Trinajstić information content (AvgIpc) is 2.04.